The minimum absolute atomic E-state index is 0.264. The number of ether oxygens (including phenoxy) is 1. The molecule has 0 saturated carbocycles. The number of carbonyl (C=O) groups is 3. The molecule has 8 nitrogen and oxygen atoms in total. The first-order valence-electron chi connectivity index (χ1n) is 10.7. The van der Waals surface area contributed by atoms with Crippen molar-refractivity contribution < 1.29 is 19.1 Å². The summed E-state index contributed by atoms with van der Waals surface area (Å²) in [5, 5.41) is 9.98. The Morgan fingerprint density at radius 1 is 0.970 bits per heavy atom. The fraction of sp³-hybridized carbons (Fsp3) is 0.280. The Morgan fingerprint density at radius 2 is 1.64 bits per heavy atom. The van der Waals surface area contributed by atoms with Crippen molar-refractivity contribution in [3.63, 3.8) is 0 Å². The van der Waals surface area contributed by atoms with E-state index in [1.54, 1.807) is 67.1 Å². The average Bonchev–Trinajstić information content (AvgIpc) is 3.14. The lowest BCUT2D eigenvalue weighted by atomic mass is 10.1. The van der Waals surface area contributed by atoms with E-state index in [1.807, 2.05) is 20.8 Å². The number of para-hydroxylation sites is 1. The molecule has 2 amide bonds. The van der Waals surface area contributed by atoms with E-state index in [0.717, 1.165) is 0 Å². The third-order valence-corrected chi connectivity index (χ3v) is 4.79. The van der Waals surface area contributed by atoms with E-state index in [4.69, 9.17) is 4.74 Å². The molecule has 1 aromatic heterocycles. The Labute approximate surface area is 193 Å². The first kappa shape index (κ1) is 23.7. The van der Waals surface area contributed by atoms with Crippen LogP contribution in [0.4, 0.5) is 5.69 Å². The van der Waals surface area contributed by atoms with Gasteiger partial charge in [-0.3, -0.25) is 9.59 Å². The van der Waals surface area contributed by atoms with Crippen LogP contribution in [0.5, 0.6) is 0 Å². The van der Waals surface area contributed by atoms with Gasteiger partial charge in [0.05, 0.1) is 35.4 Å². The molecule has 3 rings (SSSR count). The Kier molecular flexibility index (Phi) is 6.96. The normalized spacial score (nSPS) is 11.1. The number of anilines is 1. The zero-order chi connectivity index (χ0) is 24.2. The highest BCUT2D eigenvalue weighted by molar-refractivity contribution is 6.09. The number of rotatable bonds is 6. The van der Waals surface area contributed by atoms with Crippen LogP contribution in [0.25, 0.3) is 5.69 Å². The van der Waals surface area contributed by atoms with Crippen molar-refractivity contribution >= 4 is 23.5 Å². The van der Waals surface area contributed by atoms with E-state index in [-0.39, 0.29) is 18.4 Å². The van der Waals surface area contributed by atoms with Gasteiger partial charge >= 0.3 is 5.97 Å². The molecule has 0 saturated heterocycles. The van der Waals surface area contributed by atoms with E-state index in [2.05, 4.69) is 15.7 Å². The van der Waals surface area contributed by atoms with Gasteiger partial charge in [-0.15, -0.1) is 0 Å². The van der Waals surface area contributed by atoms with E-state index in [0.29, 0.717) is 33.8 Å². The van der Waals surface area contributed by atoms with Gasteiger partial charge < -0.3 is 15.4 Å². The fourth-order valence-corrected chi connectivity index (χ4v) is 3.23. The van der Waals surface area contributed by atoms with Gasteiger partial charge in [0.15, 0.2) is 0 Å². The molecule has 2 aromatic carbocycles. The van der Waals surface area contributed by atoms with Gasteiger partial charge in [-0.05, 0) is 71.0 Å². The molecule has 2 N–H and O–H groups in total. The molecule has 0 aliphatic heterocycles. The summed E-state index contributed by atoms with van der Waals surface area (Å²) in [6.45, 7) is 9.49. The third kappa shape index (κ3) is 5.65. The molecule has 0 unspecified atom stereocenters. The molecule has 8 heteroatoms. The Bertz CT molecular complexity index is 1170. The molecular weight excluding hydrogens is 420 g/mol. The standard InChI is InChI=1S/C25H28N4O4/c1-6-33-24(32)20-15-26-29(16(20)2)18-13-11-17(12-14-18)22(30)27-21-10-8-7-9-19(21)23(31)28-25(3,4)5/h7-15H,6H2,1-5H3,(H,27,30)(H,28,31). The van der Waals surface area contributed by atoms with E-state index in [1.165, 1.54) is 6.20 Å². The van der Waals surface area contributed by atoms with Gasteiger partial charge in [0.25, 0.3) is 11.8 Å². The second-order valence-corrected chi connectivity index (χ2v) is 8.53. The molecule has 0 radical (unpaired) electrons. The largest absolute Gasteiger partial charge is 0.462 e. The quantitative estimate of drug-likeness (QED) is 0.552. The van der Waals surface area contributed by atoms with E-state index in [9.17, 15) is 14.4 Å². The van der Waals surface area contributed by atoms with Crippen LogP contribution < -0.4 is 10.6 Å². The van der Waals surface area contributed by atoms with Crippen molar-refractivity contribution in [2.75, 3.05) is 11.9 Å². The van der Waals surface area contributed by atoms with Gasteiger partial charge in [-0.2, -0.15) is 5.10 Å². The molecule has 0 fully saturated rings. The van der Waals surface area contributed by atoms with Crippen LogP contribution in [-0.4, -0.2) is 39.7 Å². The number of benzene rings is 2. The van der Waals surface area contributed by atoms with Crippen molar-refractivity contribution in [2.24, 2.45) is 0 Å². The van der Waals surface area contributed by atoms with Crippen molar-refractivity contribution in [3.05, 3.63) is 77.1 Å². The molecule has 172 valence electrons. The smallest absolute Gasteiger partial charge is 0.341 e. The summed E-state index contributed by atoms with van der Waals surface area (Å²) >= 11 is 0. The van der Waals surface area contributed by atoms with E-state index < -0.39 is 11.5 Å². The van der Waals surface area contributed by atoms with Crippen molar-refractivity contribution in [3.8, 4) is 5.69 Å². The maximum absolute atomic E-state index is 12.8. The number of amides is 2. The van der Waals surface area contributed by atoms with Gasteiger partial charge in [-0.1, -0.05) is 12.1 Å². The second kappa shape index (κ2) is 9.68. The SMILES string of the molecule is CCOC(=O)c1cnn(-c2ccc(C(=O)Nc3ccccc3C(=O)NC(C)(C)C)cc2)c1C. The molecule has 0 aliphatic rings. The minimum Gasteiger partial charge on any atom is -0.462 e. The van der Waals surface area contributed by atoms with Crippen LogP contribution in [0.1, 0.15) is 64.5 Å². The number of nitrogens with zero attached hydrogens (tertiary/aromatic N) is 2. The van der Waals surface area contributed by atoms with Crippen molar-refractivity contribution in [1.82, 2.24) is 15.1 Å². The summed E-state index contributed by atoms with van der Waals surface area (Å²) in [5.74, 6) is -1.03. The minimum atomic E-state index is -0.425. The molecule has 33 heavy (non-hydrogen) atoms. The number of hydrogen-bond donors (Lipinski definition) is 2. The molecular formula is C25H28N4O4. The number of aromatic nitrogens is 2. The highest BCUT2D eigenvalue weighted by atomic mass is 16.5. The second-order valence-electron chi connectivity index (χ2n) is 8.53. The number of esters is 1. The van der Waals surface area contributed by atoms with Gasteiger partial charge in [0.2, 0.25) is 0 Å². The van der Waals surface area contributed by atoms with Crippen LogP contribution in [-0.2, 0) is 4.74 Å². The van der Waals surface area contributed by atoms with Crippen LogP contribution in [0.3, 0.4) is 0 Å². The molecule has 1 heterocycles. The first-order valence-corrected chi connectivity index (χ1v) is 10.7. The van der Waals surface area contributed by atoms with Crippen LogP contribution in [0, 0.1) is 6.92 Å². The lowest BCUT2D eigenvalue weighted by molar-refractivity contribution is 0.0525. The summed E-state index contributed by atoms with van der Waals surface area (Å²) in [5.41, 5.74) is 2.56. The number of nitrogens with one attached hydrogen (secondary N) is 2. The predicted octanol–water partition coefficient (Wildman–Crippen LogP) is 4.14. The maximum Gasteiger partial charge on any atom is 0.341 e. The van der Waals surface area contributed by atoms with Crippen molar-refractivity contribution in [2.45, 2.75) is 40.2 Å². The molecule has 0 atom stereocenters. The number of hydrogen-bond acceptors (Lipinski definition) is 5. The summed E-state index contributed by atoms with van der Waals surface area (Å²) in [6, 6.07) is 13.7. The molecule has 0 spiro atoms. The Balaban J connectivity index is 1.78. The molecule has 0 aliphatic carbocycles. The van der Waals surface area contributed by atoms with Crippen LogP contribution in [0.2, 0.25) is 0 Å². The molecule has 0 bridgehead atoms. The van der Waals surface area contributed by atoms with Crippen molar-refractivity contribution in [1.29, 1.82) is 0 Å². The topological polar surface area (TPSA) is 102 Å². The van der Waals surface area contributed by atoms with Gasteiger partial charge in [0, 0.05) is 11.1 Å². The Hall–Kier alpha value is -3.94. The summed E-state index contributed by atoms with van der Waals surface area (Å²) < 4.78 is 6.66. The van der Waals surface area contributed by atoms with E-state index >= 15 is 0 Å². The van der Waals surface area contributed by atoms with Crippen LogP contribution in [0.15, 0.2) is 54.7 Å². The van der Waals surface area contributed by atoms with Gasteiger partial charge in [-0.25, -0.2) is 9.48 Å². The molecule has 3 aromatic rings. The lowest BCUT2D eigenvalue weighted by Gasteiger charge is -2.21. The van der Waals surface area contributed by atoms with Gasteiger partial charge in [0.1, 0.15) is 5.56 Å². The highest BCUT2D eigenvalue weighted by Crippen LogP contribution is 2.19. The highest BCUT2D eigenvalue weighted by Gasteiger charge is 2.19. The van der Waals surface area contributed by atoms with Crippen LogP contribution >= 0.6 is 0 Å². The predicted molar refractivity (Wildman–Crippen MR) is 126 cm³/mol. The lowest BCUT2D eigenvalue weighted by Crippen LogP contribution is -2.40. The zero-order valence-electron chi connectivity index (χ0n) is 19.4. The zero-order valence-corrected chi connectivity index (χ0v) is 19.4. The Morgan fingerprint density at radius 3 is 2.27 bits per heavy atom. The third-order valence-electron chi connectivity index (χ3n) is 4.79. The monoisotopic (exact) mass is 448 g/mol. The number of carbonyl (C=O) groups excluding carboxylic acids is 3. The summed E-state index contributed by atoms with van der Waals surface area (Å²) in [6.07, 6.45) is 1.47. The average molecular weight is 449 g/mol. The summed E-state index contributed by atoms with van der Waals surface area (Å²) in [4.78, 5) is 37.5. The first-order chi connectivity index (χ1) is 15.6. The fourth-order valence-electron chi connectivity index (χ4n) is 3.23. The maximum atomic E-state index is 12.8. The summed E-state index contributed by atoms with van der Waals surface area (Å²) in [7, 11) is 0.